The van der Waals surface area contributed by atoms with E-state index in [4.69, 9.17) is 5.73 Å². The zero-order valence-corrected chi connectivity index (χ0v) is 11.9. The lowest BCUT2D eigenvalue weighted by Crippen LogP contribution is -2.49. The molecule has 0 saturated carbocycles. The third-order valence-corrected chi connectivity index (χ3v) is 3.63. The van der Waals surface area contributed by atoms with Gasteiger partial charge in [-0.3, -0.25) is 0 Å². The van der Waals surface area contributed by atoms with Crippen molar-refractivity contribution < 1.29 is 9.90 Å². The van der Waals surface area contributed by atoms with Crippen LogP contribution in [0, 0.1) is 5.92 Å². The smallest absolute Gasteiger partial charge is 0.407 e. The summed E-state index contributed by atoms with van der Waals surface area (Å²) in [6.45, 7) is 10.2. The van der Waals surface area contributed by atoms with Crippen molar-refractivity contribution in [2.24, 2.45) is 11.7 Å². The Morgan fingerprint density at radius 1 is 1.39 bits per heavy atom. The molecule has 1 rings (SSSR count). The Hall–Kier alpha value is -0.810. The summed E-state index contributed by atoms with van der Waals surface area (Å²) in [5.74, 6) is 0.481. The lowest BCUT2D eigenvalue weighted by molar-refractivity contribution is 0.0746. The molecule has 1 aliphatic heterocycles. The van der Waals surface area contributed by atoms with Crippen LogP contribution in [0.1, 0.15) is 33.6 Å². The molecule has 0 aromatic rings. The maximum absolute atomic E-state index is 11.3. The minimum atomic E-state index is -0.813. The van der Waals surface area contributed by atoms with E-state index < -0.39 is 6.09 Å². The SMILES string of the molecule is CC(C)(C)N(CC1CCN(CCN)CC1)C(=O)O. The first-order valence-corrected chi connectivity index (χ1v) is 6.77. The molecule has 0 spiro atoms. The third-order valence-electron chi connectivity index (χ3n) is 3.63. The maximum atomic E-state index is 11.3. The van der Waals surface area contributed by atoms with E-state index in [1.165, 1.54) is 0 Å². The second-order valence-corrected chi connectivity index (χ2v) is 6.14. The van der Waals surface area contributed by atoms with Gasteiger partial charge in [0.1, 0.15) is 0 Å². The van der Waals surface area contributed by atoms with Crippen LogP contribution >= 0.6 is 0 Å². The number of carboxylic acid groups (broad SMARTS) is 1. The van der Waals surface area contributed by atoms with E-state index >= 15 is 0 Å². The average molecular weight is 257 g/mol. The Morgan fingerprint density at radius 2 is 1.94 bits per heavy atom. The zero-order valence-electron chi connectivity index (χ0n) is 11.9. The standard InChI is InChI=1S/C13H27N3O2/c1-13(2,3)16(12(17)18)10-11-4-7-15(8-5-11)9-6-14/h11H,4-10,14H2,1-3H3,(H,17,18). The number of likely N-dealkylation sites (tertiary alicyclic amines) is 1. The van der Waals surface area contributed by atoms with E-state index in [2.05, 4.69) is 4.90 Å². The molecule has 3 N–H and O–H groups in total. The van der Waals surface area contributed by atoms with Crippen molar-refractivity contribution >= 4 is 6.09 Å². The molecule has 5 heteroatoms. The summed E-state index contributed by atoms with van der Waals surface area (Å²) in [6, 6.07) is 0. The highest BCUT2D eigenvalue weighted by molar-refractivity contribution is 5.66. The summed E-state index contributed by atoms with van der Waals surface area (Å²) in [7, 11) is 0. The highest BCUT2D eigenvalue weighted by Crippen LogP contribution is 2.22. The van der Waals surface area contributed by atoms with Crippen molar-refractivity contribution in [1.29, 1.82) is 0 Å². The Kier molecular flexibility index (Phi) is 5.41. The van der Waals surface area contributed by atoms with E-state index in [-0.39, 0.29) is 5.54 Å². The topological polar surface area (TPSA) is 69.8 Å². The summed E-state index contributed by atoms with van der Waals surface area (Å²) >= 11 is 0. The molecule has 1 amide bonds. The molecular formula is C13H27N3O2. The molecule has 0 bridgehead atoms. The quantitative estimate of drug-likeness (QED) is 0.799. The summed E-state index contributed by atoms with van der Waals surface area (Å²) < 4.78 is 0. The van der Waals surface area contributed by atoms with E-state index in [1.807, 2.05) is 20.8 Å². The van der Waals surface area contributed by atoms with Gasteiger partial charge in [0, 0.05) is 25.2 Å². The second kappa shape index (κ2) is 6.38. The molecule has 0 aromatic heterocycles. The van der Waals surface area contributed by atoms with Gasteiger partial charge in [0.15, 0.2) is 0 Å². The number of nitrogens with zero attached hydrogens (tertiary/aromatic N) is 2. The number of piperidine rings is 1. The van der Waals surface area contributed by atoms with E-state index in [0.29, 0.717) is 19.0 Å². The average Bonchev–Trinajstić information content (AvgIpc) is 2.26. The molecule has 1 aliphatic rings. The Balaban J connectivity index is 2.46. The number of carbonyl (C=O) groups is 1. The van der Waals surface area contributed by atoms with Crippen molar-refractivity contribution in [3.05, 3.63) is 0 Å². The zero-order chi connectivity index (χ0) is 13.8. The maximum Gasteiger partial charge on any atom is 0.407 e. The molecule has 0 unspecified atom stereocenters. The number of hydrogen-bond acceptors (Lipinski definition) is 3. The van der Waals surface area contributed by atoms with Gasteiger partial charge in [0.2, 0.25) is 0 Å². The molecule has 1 saturated heterocycles. The van der Waals surface area contributed by atoms with Crippen molar-refractivity contribution in [1.82, 2.24) is 9.80 Å². The lowest BCUT2D eigenvalue weighted by Gasteiger charge is -2.39. The van der Waals surface area contributed by atoms with Gasteiger partial charge in [-0.25, -0.2) is 4.79 Å². The minimum absolute atomic E-state index is 0.319. The predicted molar refractivity (Wildman–Crippen MR) is 72.7 cm³/mol. The second-order valence-electron chi connectivity index (χ2n) is 6.14. The van der Waals surface area contributed by atoms with Crippen LogP contribution in [-0.2, 0) is 0 Å². The Labute approximate surface area is 110 Å². The fourth-order valence-corrected chi connectivity index (χ4v) is 2.47. The van der Waals surface area contributed by atoms with Crippen molar-refractivity contribution in [3.8, 4) is 0 Å². The number of hydrogen-bond donors (Lipinski definition) is 2. The van der Waals surface area contributed by atoms with Gasteiger partial charge in [-0.1, -0.05) is 0 Å². The van der Waals surface area contributed by atoms with E-state index in [1.54, 1.807) is 4.90 Å². The number of rotatable bonds is 4. The van der Waals surface area contributed by atoms with Gasteiger partial charge in [-0.2, -0.15) is 0 Å². The predicted octanol–water partition coefficient (Wildman–Crippen LogP) is 1.44. The molecule has 1 fully saturated rings. The molecule has 0 aliphatic carbocycles. The molecular weight excluding hydrogens is 230 g/mol. The third kappa shape index (κ3) is 4.46. The van der Waals surface area contributed by atoms with Crippen LogP contribution in [0.3, 0.4) is 0 Å². The molecule has 5 nitrogen and oxygen atoms in total. The minimum Gasteiger partial charge on any atom is -0.465 e. The number of amides is 1. The summed E-state index contributed by atoms with van der Waals surface area (Å²) in [4.78, 5) is 15.2. The van der Waals surface area contributed by atoms with Gasteiger partial charge in [-0.05, 0) is 52.6 Å². The first-order valence-electron chi connectivity index (χ1n) is 6.77. The highest BCUT2D eigenvalue weighted by atomic mass is 16.4. The van der Waals surface area contributed by atoms with Crippen molar-refractivity contribution in [2.45, 2.75) is 39.2 Å². The van der Waals surface area contributed by atoms with Crippen LogP contribution in [0.5, 0.6) is 0 Å². The number of nitrogens with two attached hydrogens (primary N) is 1. The van der Waals surface area contributed by atoms with Gasteiger partial charge in [-0.15, -0.1) is 0 Å². The molecule has 1 heterocycles. The van der Waals surface area contributed by atoms with E-state index in [0.717, 1.165) is 32.5 Å². The van der Waals surface area contributed by atoms with Crippen LogP contribution in [-0.4, -0.2) is 59.3 Å². The fraction of sp³-hybridized carbons (Fsp3) is 0.923. The van der Waals surface area contributed by atoms with Gasteiger partial charge < -0.3 is 20.6 Å². The molecule has 18 heavy (non-hydrogen) atoms. The first kappa shape index (κ1) is 15.2. The largest absolute Gasteiger partial charge is 0.465 e. The molecule has 0 aromatic carbocycles. The fourth-order valence-electron chi connectivity index (χ4n) is 2.47. The van der Waals surface area contributed by atoms with E-state index in [9.17, 15) is 9.90 Å². The van der Waals surface area contributed by atoms with Gasteiger partial charge >= 0.3 is 6.09 Å². The summed E-state index contributed by atoms with van der Waals surface area (Å²) in [5, 5.41) is 9.27. The summed E-state index contributed by atoms with van der Waals surface area (Å²) in [6.07, 6.45) is 1.33. The van der Waals surface area contributed by atoms with Crippen molar-refractivity contribution in [3.63, 3.8) is 0 Å². The monoisotopic (exact) mass is 257 g/mol. The molecule has 0 atom stereocenters. The summed E-state index contributed by atoms with van der Waals surface area (Å²) in [5.41, 5.74) is 5.22. The highest BCUT2D eigenvalue weighted by Gasteiger charge is 2.30. The van der Waals surface area contributed by atoms with Crippen LogP contribution in [0.15, 0.2) is 0 Å². The lowest BCUT2D eigenvalue weighted by atomic mass is 9.94. The van der Waals surface area contributed by atoms with Crippen LogP contribution < -0.4 is 5.73 Å². The van der Waals surface area contributed by atoms with Crippen molar-refractivity contribution in [2.75, 3.05) is 32.7 Å². The Morgan fingerprint density at radius 3 is 2.33 bits per heavy atom. The van der Waals surface area contributed by atoms with Gasteiger partial charge in [0.05, 0.1) is 0 Å². The molecule has 106 valence electrons. The van der Waals surface area contributed by atoms with Gasteiger partial charge in [0.25, 0.3) is 0 Å². The van der Waals surface area contributed by atoms with Crippen LogP contribution in [0.4, 0.5) is 4.79 Å². The normalized spacial score (nSPS) is 18.9. The van der Waals surface area contributed by atoms with Crippen LogP contribution in [0.2, 0.25) is 0 Å². The first-order chi connectivity index (χ1) is 8.34. The Bertz CT molecular complexity index is 268. The van der Waals surface area contributed by atoms with Crippen LogP contribution in [0.25, 0.3) is 0 Å². The molecule has 0 radical (unpaired) electrons.